The highest BCUT2D eigenvalue weighted by molar-refractivity contribution is 6.17. The summed E-state index contributed by atoms with van der Waals surface area (Å²) in [6, 6.07) is 68.1. The molecule has 4 N–H and O–H groups in total. The summed E-state index contributed by atoms with van der Waals surface area (Å²) < 4.78 is 0. The zero-order chi connectivity index (χ0) is 96.5. The molecule has 0 fully saturated rings. The third kappa shape index (κ3) is 16.4. The molecule has 6 aromatic heterocycles. The normalized spacial score (nSPS) is 13.3. The second-order valence-corrected chi connectivity index (χ2v) is 42.4. The van der Waals surface area contributed by atoms with Gasteiger partial charge in [-0.15, -0.1) is 0 Å². The van der Waals surface area contributed by atoms with Gasteiger partial charge >= 0.3 is 0 Å². The van der Waals surface area contributed by atoms with Crippen LogP contribution in [0.3, 0.4) is 0 Å². The van der Waals surface area contributed by atoms with E-state index in [9.17, 15) is 0 Å². The predicted molar refractivity (Wildman–Crippen MR) is 585 cm³/mol. The Labute approximate surface area is 807 Å². The zero-order valence-electron chi connectivity index (χ0n) is 85.8. The van der Waals surface area contributed by atoms with E-state index in [1.165, 1.54) is 128 Å². The molecule has 0 amide bonds. The number of allylic oxidation sites excluding steroid dienone is 8. The number of aromatic nitrogens is 8. The first-order valence-corrected chi connectivity index (χ1v) is 49.9. The van der Waals surface area contributed by atoms with Gasteiger partial charge in [0.05, 0.1) is 67.6 Å². The van der Waals surface area contributed by atoms with Crippen molar-refractivity contribution in [2.24, 2.45) is 0 Å². The van der Waals surface area contributed by atoms with Gasteiger partial charge in [0.1, 0.15) is 0 Å². The molecule has 0 aliphatic carbocycles. The first kappa shape index (κ1) is 93.0. The van der Waals surface area contributed by atoms with Crippen molar-refractivity contribution in [1.29, 1.82) is 0 Å². The topological polar surface area (TPSA) is 115 Å². The average Bonchev–Trinajstić information content (AvgIpc) is 1.33. The van der Waals surface area contributed by atoms with E-state index in [1.807, 2.05) is 0 Å². The van der Waals surface area contributed by atoms with Crippen molar-refractivity contribution in [2.75, 3.05) is 0 Å². The molecule has 0 spiro atoms. The summed E-state index contributed by atoms with van der Waals surface area (Å²) >= 11 is 0. The van der Waals surface area contributed by atoms with E-state index in [2.05, 4.69) is 419 Å². The molecule has 8 nitrogen and oxygen atoms in total. The number of aryl methyl sites for hydroxylation is 8. The Hall–Kier alpha value is -13.4. The summed E-state index contributed by atoms with van der Waals surface area (Å²) in [5.41, 5.74) is 56.6. The minimum Gasteiger partial charge on any atom is -0.354 e. The van der Waals surface area contributed by atoms with Gasteiger partial charge in [-0.25, -0.2) is 19.9 Å². The van der Waals surface area contributed by atoms with Crippen LogP contribution in [0.25, 0.3) is 166 Å². The molecule has 8 heteroatoms. The number of nitrogens with zero attached hydrogens (tertiary/aromatic N) is 4. The molecular weight excluding hydrogens is 1650 g/mol. The van der Waals surface area contributed by atoms with E-state index in [4.69, 9.17) is 19.9 Å². The number of fused-ring (bicyclic) bond motifs is 18. The molecule has 4 aliphatic heterocycles. The van der Waals surface area contributed by atoms with Crippen LogP contribution in [0.1, 0.15) is 326 Å². The summed E-state index contributed by atoms with van der Waals surface area (Å²) in [6.07, 6.45) is 6.73. The number of nitrogens with one attached hydrogen (secondary N) is 4. The third-order valence-corrected chi connectivity index (χ3v) is 30.0. The van der Waals surface area contributed by atoms with Gasteiger partial charge in [-0.1, -0.05) is 283 Å². The van der Waals surface area contributed by atoms with Gasteiger partial charge in [0.25, 0.3) is 0 Å². The largest absolute Gasteiger partial charge is 0.354 e. The number of aromatic amines is 4. The maximum atomic E-state index is 5.84. The lowest BCUT2D eigenvalue weighted by molar-refractivity contribution is 0.568. The molecule has 4 aliphatic rings. The molecule has 686 valence electrons. The fourth-order valence-electron chi connectivity index (χ4n) is 22.0. The molecule has 0 radical (unpaired) electrons. The van der Waals surface area contributed by atoms with Crippen LogP contribution in [-0.4, -0.2) is 39.9 Å². The highest BCUT2D eigenvalue weighted by atomic mass is 14.8. The van der Waals surface area contributed by atoms with Crippen molar-refractivity contribution in [1.82, 2.24) is 39.9 Å². The van der Waals surface area contributed by atoms with Crippen molar-refractivity contribution in [2.45, 2.75) is 267 Å². The molecule has 16 bridgehead atoms. The van der Waals surface area contributed by atoms with Gasteiger partial charge in [-0.3, -0.25) is 0 Å². The highest BCUT2D eigenvalue weighted by Gasteiger charge is 2.33. The fraction of sp³-hybridized carbons (Fsp3) is 0.312. The molecule has 14 aromatic rings. The summed E-state index contributed by atoms with van der Waals surface area (Å²) in [7, 11) is 0. The van der Waals surface area contributed by atoms with Crippen LogP contribution in [-0.2, 0) is 47.3 Å². The van der Waals surface area contributed by atoms with E-state index in [0.29, 0.717) is 0 Å². The summed E-state index contributed by atoms with van der Waals surface area (Å²) in [6.45, 7) is 64.6. The SMILES string of the molecule is CCC1=C(C)c2nc1cc1[nH]c(c(C)c1CC)c(-c1ccc(C#Cc3ccc(-c4c5ccccc5c(C#Cc5ccc(-c6c7nc(cc8[nH]c(c(C)c8CC)c(-c8cc(C(C)(C)C)cc(C(C)(C)C)c8)c8nc(cc9[nH]c6c(C)c9CC)C(CC)=C8C)C(CC)=C7C)cc5)c5ccccc45)cc3)cc1)c1nc(cc3[nH]c(c(C)c3CC)c2-c2cc(C(C)(C)C)cc(C(C)(C)C)c2)C(CC)=C1C. The van der Waals surface area contributed by atoms with Crippen molar-refractivity contribution >= 4 is 110 Å². The van der Waals surface area contributed by atoms with E-state index in [-0.39, 0.29) is 21.7 Å². The Morgan fingerprint density at radius 3 is 0.706 bits per heavy atom. The number of hydrogen-bond donors (Lipinski definition) is 4. The monoisotopic (exact) mass is 1780 g/mol. The van der Waals surface area contributed by atoms with Crippen LogP contribution in [0.4, 0.5) is 0 Å². The molecule has 0 saturated carbocycles. The van der Waals surface area contributed by atoms with Gasteiger partial charge in [-0.2, -0.15) is 0 Å². The molecule has 0 saturated heterocycles. The van der Waals surface area contributed by atoms with Crippen LogP contribution >= 0.6 is 0 Å². The van der Waals surface area contributed by atoms with Gasteiger partial charge in [0.15, 0.2) is 0 Å². The Morgan fingerprint density at radius 1 is 0.243 bits per heavy atom. The number of H-pyrrole nitrogens is 4. The Morgan fingerprint density at radius 2 is 0.471 bits per heavy atom. The Bertz CT molecular complexity index is 7880. The van der Waals surface area contributed by atoms with Crippen LogP contribution in [0.15, 0.2) is 182 Å². The number of benzene rings is 8. The molecule has 136 heavy (non-hydrogen) atoms. The van der Waals surface area contributed by atoms with Gasteiger partial charge < -0.3 is 19.9 Å². The molecular formula is C128H134N8. The standard InChI is InChI=1S/C128H134N8/c1-29-91-71(9)117-113(118-72(10)92(30-2)105(130-118)68-109-96(34-6)76(14)122(134-109)115(121-75(13)95(33-5)108(133-121)67-104(91)129-117)85-61-87(125(17,18)19)65-88(62-85)126(20,21)22)83-56-49-80(50-57-83)46-45-79-47-54-82(55-48-79)112-102-43-39-37-41-99(102)101(100-42-38-40-44-103(100)112)60-53-81-51-58-84(59-52-81)114-119-73(11)93(31-3)106(131-119)69-110-97(35-7)77(15)123(135-110)116(86-63-89(127(23,24)25)66-90(64-86)128(26,27)28)124-78(16)98(36-8)111(136-124)70-107-94(32-4)74(12)120(114)132-107/h37-44,47-52,54-59,61-70,129,131,134,136H,29-36H2,1-28H3. The zero-order valence-corrected chi connectivity index (χ0v) is 85.8. The lowest BCUT2D eigenvalue weighted by Crippen LogP contribution is -2.16. The highest BCUT2D eigenvalue weighted by Crippen LogP contribution is 2.51. The first-order chi connectivity index (χ1) is 64.9. The van der Waals surface area contributed by atoms with Crippen molar-refractivity contribution in [3.8, 4) is 79.3 Å². The van der Waals surface area contributed by atoms with E-state index in [0.717, 1.165) is 224 Å². The lowest BCUT2D eigenvalue weighted by Gasteiger charge is -2.26. The van der Waals surface area contributed by atoms with Gasteiger partial charge in [0.2, 0.25) is 0 Å². The van der Waals surface area contributed by atoms with E-state index >= 15 is 0 Å². The summed E-state index contributed by atoms with van der Waals surface area (Å²) in [5.74, 6) is 14.7. The summed E-state index contributed by atoms with van der Waals surface area (Å²) in [5, 5.41) is 4.50. The second-order valence-electron chi connectivity index (χ2n) is 42.4. The van der Waals surface area contributed by atoms with E-state index < -0.39 is 0 Å². The molecule has 0 unspecified atom stereocenters. The maximum absolute atomic E-state index is 5.84. The van der Waals surface area contributed by atoms with Crippen LogP contribution in [0.2, 0.25) is 0 Å². The number of hydrogen-bond acceptors (Lipinski definition) is 4. The van der Waals surface area contributed by atoms with Crippen molar-refractivity contribution in [3.63, 3.8) is 0 Å². The van der Waals surface area contributed by atoms with Crippen LogP contribution in [0.5, 0.6) is 0 Å². The predicted octanol–water partition coefficient (Wildman–Crippen LogP) is 34.4. The smallest absolute Gasteiger partial charge is 0.0769 e. The molecule has 0 atom stereocenters. The fourth-order valence-corrected chi connectivity index (χ4v) is 22.0. The third-order valence-electron chi connectivity index (χ3n) is 30.0. The second kappa shape index (κ2) is 35.7. The average molecular weight is 1780 g/mol. The van der Waals surface area contributed by atoms with Crippen molar-refractivity contribution < 1.29 is 0 Å². The van der Waals surface area contributed by atoms with Crippen LogP contribution in [0, 0.1) is 51.4 Å². The lowest BCUT2D eigenvalue weighted by atomic mass is 9.78. The minimum atomic E-state index is -0.0822. The Kier molecular flexibility index (Phi) is 24.4. The molecule has 10 heterocycles. The number of rotatable bonds is 13. The first-order valence-electron chi connectivity index (χ1n) is 49.9. The van der Waals surface area contributed by atoms with Crippen LogP contribution < -0.4 is 0 Å². The van der Waals surface area contributed by atoms with Gasteiger partial charge in [-0.05, 0) is 355 Å². The van der Waals surface area contributed by atoms with E-state index in [1.54, 1.807) is 0 Å². The maximum Gasteiger partial charge on any atom is 0.0769 e. The molecule has 8 aromatic carbocycles. The van der Waals surface area contributed by atoms with Crippen molar-refractivity contribution in [3.05, 3.63) is 317 Å². The quantitative estimate of drug-likeness (QED) is 0.0680. The summed E-state index contributed by atoms with van der Waals surface area (Å²) in [4.78, 5) is 39.8. The van der Waals surface area contributed by atoms with Gasteiger partial charge in [0, 0.05) is 66.6 Å². The Balaban J connectivity index is 0.703. The molecule has 18 rings (SSSR count). The minimum absolute atomic E-state index is 0.0799.